The fourth-order valence-corrected chi connectivity index (χ4v) is 3.88. The molecular weight excluding hydrogens is 416 g/mol. The Morgan fingerprint density at radius 2 is 1.91 bits per heavy atom. The number of hydrogen-bond donors (Lipinski definition) is 2. The van der Waals surface area contributed by atoms with Crippen molar-refractivity contribution in [2.24, 2.45) is 0 Å². The quantitative estimate of drug-likeness (QED) is 0.517. The van der Waals surface area contributed by atoms with Gasteiger partial charge in [-0.1, -0.05) is 18.2 Å². The van der Waals surface area contributed by atoms with E-state index in [1.807, 2.05) is 25.1 Å². The summed E-state index contributed by atoms with van der Waals surface area (Å²) in [5.41, 5.74) is 2.35. The number of β-amino-alcohol motifs (C(OH)–C–C–N with tert-alkyl or cyclic N) is 1. The summed E-state index contributed by atoms with van der Waals surface area (Å²) in [6, 6.07) is 13.5. The third-order valence-corrected chi connectivity index (χ3v) is 5.43. The lowest BCUT2D eigenvalue weighted by atomic mass is 10.0. The van der Waals surface area contributed by atoms with Crippen molar-refractivity contribution < 1.29 is 13.9 Å². The maximum atomic E-state index is 14.7. The van der Waals surface area contributed by atoms with Crippen molar-refractivity contribution in [3.05, 3.63) is 82.1 Å². The summed E-state index contributed by atoms with van der Waals surface area (Å²) in [5.74, 6) is -0.928. The molecule has 0 saturated heterocycles. The molecule has 0 amide bonds. The number of anilines is 1. The number of aliphatic hydroxyl groups is 1. The van der Waals surface area contributed by atoms with Crippen LogP contribution in [-0.2, 0) is 6.54 Å². The minimum atomic E-state index is -0.769. The van der Waals surface area contributed by atoms with Gasteiger partial charge in [0.1, 0.15) is 23.1 Å². The van der Waals surface area contributed by atoms with E-state index in [0.717, 1.165) is 17.7 Å². The van der Waals surface area contributed by atoms with Crippen LogP contribution in [0.4, 0.5) is 14.6 Å². The number of aliphatic hydroxyl groups excluding tert-OH is 1. The van der Waals surface area contributed by atoms with Crippen molar-refractivity contribution >= 4 is 5.82 Å². The highest BCUT2D eigenvalue weighted by Gasteiger charge is 2.28. The van der Waals surface area contributed by atoms with Crippen LogP contribution in [0.2, 0.25) is 0 Å². The van der Waals surface area contributed by atoms with Crippen molar-refractivity contribution in [3.8, 4) is 28.2 Å². The van der Waals surface area contributed by atoms with Crippen LogP contribution in [0.3, 0.4) is 0 Å². The van der Waals surface area contributed by atoms with E-state index in [1.54, 1.807) is 12.1 Å². The van der Waals surface area contributed by atoms with Gasteiger partial charge in [-0.3, -0.25) is 4.79 Å². The lowest BCUT2D eigenvalue weighted by molar-refractivity contribution is 0.155. The molecule has 1 aliphatic rings. The molecule has 9 heteroatoms. The molecule has 2 N–H and O–H groups in total. The molecule has 0 radical (unpaired) electrons. The predicted octanol–water partition coefficient (Wildman–Crippen LogP) is 3.14. The van der Waals surface area contributed by atoms with Crippen molar-refractivity contribution in [3.63, 3.8) is 0 Å². The van der Waals surface area contributed by atoms with Gasteiger partial charge >= 0.3 is 0 Å². The summed E-state index contributed by atoms with van der Waals surface area (Å²) in [4.78, 5) is 12.6. The van der Waals surface area contributed by atoms with E-state index in [1.165, 1.54) is 21.5 Å². The molecule has 1 atom stereocenters. The monoisotopic (exact) mass is 435 g/mol. The van der Waals surface area contributed by atoms with Crippen LogP contribution in [0, 0.1) is 18.6 Å². The minimum Gasteiger partial charge on any atom is -0.389 e. The van der Waals surface area contributed by atoms with E-state index in [4.69, 9.17) is 0 Å². The van der Waals surface area contributed by atoms with Crippen molar-refractivity contribution in [2.45, 2.75) is 19.6 Å². The van der Waals surface area contributed by atoms with Gasteiger partial charge in [0.15, 0.2) is 0 Å². The van der Waals surface area contributed by atoms with Crippen LogP contribution in [0.5, 0.6) is 0 Å². The first-order valence-electron chi connectivity index (χ1n) is 10.1. The number of nitrogens with zero attached hydrogens (tertiary/aromatic N) is 4. The number of aromatic nitrogens is 4. The first-order chi connectivity index (χ1) is 15.4. The Morgan fingerprint density at radius 1 is 1.09 bits per heavy atom. The molecule has 4 aromatic rings. The second kappa shape index (κ2) is 7.69. The van der Waals surface area contributed by atoms with Crippen molar-refractivity contribution in [2.75, 3.05) is 11.9 Å². The number of fused-ring (bicyclic) bond motifs is 1. The van der Waals surface area contributed by atoms with Crippen LogP contribution in [0.25, 0.3) is 28.2 Å². The number of rotatable bonds is 3. The van der Waals surface area contributed by atoms with Crippen LogP contribution in [0.15, 0.2) is 59.4 Å². The van der Waals surface area contributed by atoms with Gasteiger partial charge < -0.3 is 10.4 Å². The lowest BCUT2D eigenvalue weighted by Gasteiger charge is -2.21. The van der Waals surface area contributed by atoms with E-state index < -0.39 is 17.7 Å². The molecule has 1 aliphatic heterocycles. The van der Waals surface area contributed by atoms with Crippen molar-refractivity contribution in [1.29, 1.82) is 0 Å². The second-order valence-corrected chi connectivity index (χ2v) is 7.67. The van der Waals surface area contributed by atoms with E-state index in [-0.39, 0.29) is 29.9 Å². The topological polar surface area (TPSA) is 85.0 Å². The highest BCUT2D eigenvalue weighted by molar-refractivity contribution is 5.87. The minimum absolute atomic E-state index is 0.0926. The Balaban J connectivity index is 1.76. The highest BCUT2D eigenvalue weighted by atomic mass is 19.1. The Kier molecular flexibility index (Phi) is 4.82. The molecule has 162 valence electrons. The standard InChI is InChI=1S/C23H19F2N5O2/c1-13-4-2-3-5-19(13)30-20(32)9-8-18(27-30)21-22(16-7-6-14(24)10-17(16)25)28-29-12-15(31)11-26-23(21)29/h2-10,15,26,31H,11-12H2,1H3/t15-/m1/s1. The molecule has 0 fully saturated rings. The Labute approximate surface area is 181 Å². The van der Waals surface area contributed by atoms with Gasteiger partial charge in [-0.25, -0.2) is 13.5 Å². The van der Waals surface area contributed by atoms with E-state index in [2.05, 4.69) is 15.5 Å². The van der Waals surface area contributed by atoms with E-state index in [9.17, 15) is 18.7 Å². The maximum absolute atomic E-state index is 14.7. The number of hydrogen-bond acceptors (Lipinski definition) is 5. The molecular formula is C23H19F2N5O2. The molecule has 0 saturated carbocycles. The lowest BCUT2D eigenvalue weighted by Crippen LogP contribution is -2.32. The van der Waals surface area contributed by atoms with Crippen molar-refractivity contribution in [1.82, 2.24) is 19.6 Å². The third-order valence-electron chi connectivity index (χ3n) is 5.43. The van der Waals surface area contributed by atoms with Gasteiger partial charge in [-0.05, 0) is 36.8 Å². The molecule has 2 aromatic heterocycles. The molecule has 7 nitrogen and oxygen atoms in total. The fourth-order valence-electron chi connectivity index (χ4n) is 3.88. The van der Waals surface area contributed by atoms with Gasteiger partial charge in [0.05, 0.1) is 29.6 Å². The first kappa shape index (κ1) is 20.1. The Morgan fingerprint density at radius 3 is 2.69 bits per heavy atom. The SMILES string of the molecule is Cc1ccccc1-n1nc(-c2c(-c3ccc(F)cc3F)nn3c2NC[C@@H](O)C3)ccc1=O. The molecule has 5 rings (SSSR count). The molecule has 0 unspecified atom stereocenters. The maximum Gasteiger partial charge on any atom is 0.271 e. The summed E-state index contributed by atoms with van der Waals surface area (Å²) in [5, 5.41) is 22.2. The number of para-hydroxylation sites is 1. The average Bonchev–Trinajstić information content (AvgIpc) is 3.13. The van der Waals surface area contributed by atoms with Gasteiger partial charge in [-0.15, -0.1) is 0 Å². The van der Waals surface area contributed by atoms with Crippen LogP contribution in [0.1, 0.15) is 5.56 Å². The smallest absolute Gasteiger partial charge is 0.271 e. The zero-order chi connectivity index (χ0) is 22.4. The molecule has 0 aliphatic carbocycles. The van der Waals surface area contributed by atoms with E-state index in [0.29, 0.717) is 22.8 Å². The average molecular weight is 435 g/mol. The van der Waals surface area contributed by atoms with Crippen LogP contribution < -0.4 is 10.9 Å². The summed E-state index contributed by atoms with van der Waals surface area (Å²) in [6.07, 6.45) is -0.671. The molecule has 3 heterocycles. The van der Waals surface area contributed by atoms with Crippen LogP contribution in [-0.4, -0.2) is 37.3 Å². The molecule has 32 heavy (non-hydrogen) atoms. The molecule has 0 spiro atoms. The fraction of sp³-hybridized carbons (Fsp3) is 0.174. The van der Waals surface area contributed by atoms with E-state index >= 15 is 0 Å². The second-order valence-electron chi connectivity index (χ2n) is 7.67. The normalized spacial score (nSPS) is 15.3. The predicted molar refractivity (Wildman–Crippen MR) is 116 cm³/mol. The number of nitrogens with one attached hydrogen (secondary N) is 1. The number of aryl methyl sites for hydroxylation is 1. The van der Waals surface area contributed by atoms with Gasteiger partial charge in [0.2, 0.25) is 0 Å². The summed E-state index contributed by atoms with van der Waals surface area (Å²) >= 11 is 0. The number of halogens is 2. The highest BCUT2D eigenvalue weighted by Crippen LogP contribution is 2.39. The van der Waals surface area contributed by atoms with Gasteiger partial charge in [0.25, 0.3) is 5.56 Å². The zero-order valence-corrected chi connectivity index (χ0v) is 17.1. The third kappa shape index (κ3) is 3.36. The van der Waals surface area contributed by atoms with Gasteiger partial charge in [-0.2, -0.15) is 14.9 Å². The Hall–Kier alpha value is -3.85. The first-order valence-corrected chi connectivity index (χ1v) is 10.1. The summed E-state index contributed by atoms with van der Waals surface area (Å²) < 4.78 is 31.0. The zero-order valence-electron chi connectivity index (χ0n) is 17.1. The summed E-state index contributed by atoms with van der Waals surface area (Å²) in [6.45, 7) is 2.36. The van der Waals surface area contributed by atoms with Crippen LogP contribution >= 0.6 is 0 Å². The Bertz CT molecular complexity index is 1400. The largest absolute Gasteiger partial charge is 0.389 e. The molecule has 0 bridgehead atoms. The number of benzene rings is 2. The van der Waals surface area contributed by atoms with Gasteiger partial charge in [0, 0.05) is 24.2 Å². The molecule has 2 aromatic carbocycles. The summed E-state index contributed by atoms with van der Waals surface area (Å²) in [7, 11) is 0.